The maximum Gasteiger partial charge on any atom is 0.330 e. The van der Waals surface area contributed by atoms with Crippen molar-refractivity contribution in [2.24, 2.45) is 0 Å². The van der Waals surface area contributed by atoms with E-state index in [9.17, 15) is 14.4 Å². The molecule has 0 fully saturated rings. The number of ether oxygens (including phenoxy) is 2. The largest absolute Gasteiger partial charge is 0.478 e. The van der Waals surface area contributed by atoms with E-state index in [0.717, 1.165) is 0 Å². The lowest BCUT2D eigenvalue weighted by atomic mass is 10.4. The highest BCUT2D eigenvalue weighted by atomic mass is 16.5. The molecule has 9 heteroatoms. The molecule has 26 heavy (non-hydrogen) atoms. The Balaban J connectivity index is -0.000000125. The smallest absolute Gasteiger partial charge is 0.330 e. The van der Waals surface area contributed by atoms with E-state index in [2.05, 4.69) is 24.5 Å². The Bertz CT molecular complexity index is 354. The summed E-state index contributed by atoms with van der Waals surface area (Å²) in [6, 6.07) is 0. The van der Waals surface area contributed by atoms with Crippen LogP contribution in [0.2, 0.25) is 0 Å². The van der Waals surface area contributed by atoms with Gasteiger partial charge in [-0.2, -0.15) is 0 Å². The number of aliphatic hydroxyl groups is 1. The van der Waals surface area contributed by atoms with Crippen LogP contribution in [0.15, 0.2) is 36.5 Å². The number of methoxy groups -OCH3 is 1. The van der Waals surface area contributed by atoms with Crippen molar-refractivity contribution in [3.05, 3.63) is 36.5 Å². The van der Waals surface area contributed by atoms with Crippen molar-refractivity contribution in [2.75, 3.05) is 33.5 Å². The number of carbonyl (C=O) groups is 3. The van der Waals surface area contributed by atoms with Gasteiger partial charge in [0.1, 0.15) is 0 Å². The second-order valence-electron chi connectivity index (χ2n) is 4.59. The first-order valence-corrected chi connectivity index (χ1v) is 7.18. The molecule has 0 aromatic carbocycles. The molecule has 0 aliphatic carbocycles. The van der Waals surface area contributed by atoms with Crippen LogP contribution >= 0.6 is 0 Å². The number of hydrogen-bond acceptors (Lipinski definition) is 6. The highest BCUT2D eigenvalue weighted by Crippen LogP contribution is 1.82. The predicted octanol–water partition coefficient (Wildman–Crippen LogP) is 1.58. The predicted molar refractivity (Wildman–Crippen MR) is 97.1 cm³/mol. The molecule has 0 heterocycles. The van der Waals surface area contributed by atoms with Crippen molar-refractivity contribution in [3.8, 4) is 0 Å². The maximum atomic E-state index is 9.60. The minimum absolute atomic E-state index is 0.0870. The summed E-state index contributed by atoms with van der Waals surface area (Å²) in [4.78, 5) is 28.8. The molecule has 0 aliphatic heterocycles. The van der Waals surface area contributed by atoms with E-state index < -0.39 is 17.9 Å². The Morgan fingerprint density at radius 3 is 1.15 bits per heavy atom. The van der Waals surface area contributed by atoms with Gasteiger partial charge in [-0.1, -0.05) is 19.7 Å². The van der Waals surface area contributed by atoms with Gasteiger partial charge >= 0.3 is 17.9 Å². The van der Waals surface area contributed by atoms with E-state index in [4.69, 9.17) is 25.2 Å². The first-order chi connectivity index (χ1) is 11.8. The number of aliphatic hydroxyl groups excluding tert-OH is 1. The zero-order chi connectivity index (χ0) is 21.7. The van der Waals surface area contributed by atoms with Gasteiger partial charge in [0.15, 0.2) is 0 Å². The van der Waals surface area contributed by atoms with Gasteiger partial charge in [-0.05, 0) is 20.8 Å². The Morgan fingerprint density at radius 2 is 1.00 bits per heavy atom. The average Bonchev–Trinajstić information content (AvgIpc) is 2.53. The van der Waals surface area contributed by atoms with Crippen LogP contribution in [0, 0.1) is 0 Å². The number of aliphatic carboxylic acids is 3. The quantitative estimate of drug-likeness (QED) is 0.364. The normalized spacial score (nSPS) is 8.19. The maximum absolute atomic E-state index is 9.60. The minimum Gasteiger partial charge on any atom is -0.478 e. The fourth-order valence-corrected chi connectivity index (χ4v) is 0.309. The standard InChI is InChI=1S/C5H12O3.3C4H6O2/c1-7-4-5-8-3-2-6;3*1-3(2)4(5)6/h6H,2-5H2,1H3;3*1H2,2H3,(H,5,6). The van der Waals surface area contributed by atoms with Gasteiger partial charge in [0.05, 0.1) is 26.4 Å². The first kappa shape index (κ1) is 31.3. The molecule has 0 rings (SSSR count). The molecule has 9 nitrogen and oxygen atoms in total. The summed E-state index contributed by atoms with van der Waals surface area (Å²) in [7, 11) is 1.61. The fraction of sp³-hybridized carbons (Fsp3) is 0.471. The molecule has 0 atom stereocenters. The van der Waals surface area contributed by atoms with Gasteiger partial charge in [-0.15, -0.1) is 0 Å². The van der Waals surface area contributed by atoms with Gasteiger partial charge in [0, 0.05) is 23.8 Å². The van der Waals surface area contributed by atoms with E-state index in [1.807, 2.05) is 0 Å². The lowest BCUT2D eigenvalue weighted by Gasteiger charge is -1.98. The Labute approximate surface area is 153 Å². The van der Waals surface area contributed by atoms with Crippen molar-refractivity contribution in [3.63, 3.8) is 0 Å². The summed E-state index contributed by atoms with van der Waals surface area (Å²) in [6.45, 7) is 15.5. The Hall–Kier alpha value is -2.49. The van der Waals surface area contributed by atoms with Crippen molar-refractivity contribution < 1.29 is 44.3 Å². The molecule has 0 aliphatic rings. The topological polar surface area (TPSA) is 151 Å². The van der Waals surface area contributed by atoms with Gasteiger partial charge in [0.2, 0.25) is 0 Å². The third-order valence-corrected chi connectivity index (χ3v) is 1.76. The molecule has 0 amide bonds. The van der Waals surface area contributed by atoms with E-state index in [1.165, 1.54) is 20.8 Å². The minimum atomic E-state index is -0.935. The first-order valence-electron chi connectivity index (χ1n) is 7.18. The molecule has 4 N–H and O–H groups in total. The molecule has 152 valence electrons. The van der Waals surface area contributed by atoms with Crippen molar-refractivity contribution in [2.45, 2.75) is 20.8 Å². The van der Waals surface area contributed by atoms with Crippen LogP contribution in [-0.2, 0) is 23.9 Å². The van der Waals surface area contributed by atoms with Crippen molar-refractivity contribution in [1.82, 2.24) is 0 Å². The van der Waals surface area contributed by atoms with E-state index in [0.29, 0.717) is 19.8 Å². The SMILES string of the molecule is C=C(C)C(=O)O.C=C(C)C(=O)O.C=C(C)C(=O)O.COCCOCCO. The van der Waals surface area contributed by atoms with E-state index in [1.54, 1.807) is 7.11 Å². The summed E-state index contributed by atoms with van der Waals surface area (Å²) in [6.07, 6.45) is 0. The van der Waals surface area contributed by atoms with Gasteiger partial charge in [-0.25, -0.2) is 14.4 Å². The van der Waals surface area contributed by atoms with Gasteiger partial charge in [0.25, 0.3) is 0 Å². The zero-order valence-electron chi connectivity index (χ0n) is 15.8. The molecule has 0 aromatic rings. The molecule has 0 saturated carbocycles. The third kappa shape index (κ3) is 43.0. The lowest BCUT2D eigenvalue weighted by molar-refractivity contribution is -0.133. The van der Waals surface area contributed by atoms with Crippen LogP contribution in [0.25, 0.3) is 0 Å². The second kappa shape index (κ2) is 22.5. The van der Waals surface area contributed by atoms with E-state index in [-0.39, 0.29) is 23.3 Å². The van der Waals surface area contributed by atoms with Crippen LogP contribution in [0.4, 0.5) is 0 Å². The van der Waals surface area contributed by atoms with Crippen LogP contribution in [0.5, 0.6) is 0 Å². The van der Waals surface area contributed by atoms with Crippen LogP contribution < -0.4 is 0 Å². The molecular weight excluding hydrogens is 348 g/mol. The molecule has 0 bridgehead atoms. The Morgan fingerprint density at radius 1 is 0.731 bits per heavy atom. The fourth-order valence-electron chi connectivity index (χ4n) is 0.309. The Kier molecular flexibility index (Phi) is 27.1. The van der Waals surface area contributed by atoms with Crippen molar-refractivity contribution >= 4 is 17.9 Å². The average molecular weight is 378 g/mol. The lowest BCUT2D eigenvalue weighted by Crippen LogP contribution is -2.05. The highest BCUT2D eigenvalue weighted by Gasteiger charge is 1.91. The highest BCUT2D eigenvalue weighted by molar-refractivity contribution is 5.85. The zero-order valence-corrected chi connectivity index (χ0v) is 15.8. The molecule has 0 spiro atoms. The molecule has 0 unspecified atom stereocenters. The molecule has 0 radical (unpaired) electrons. The number of rotatable bonds is 8. The summed E-state index contributed by atoms with van der Waals surface area (Å²) in [5.41, 5.74) is 0.528. The summed E-state index contributed by atoms with van der Waals surface area (Å²) in [5.74, 6) is -2.81. The van der Waals surface area contributed by atoms with Crippen LogP contribution in [0.3, 0.4) is 0 Å². The number of hydrogen-bond donors (Lipinski definition) is 4. The molecule has 0 saturated heterocycles. The monoisotopic (exact) mass is 378 g/mol. The summed E-state index contributed by atoms with van der Waals surface area (Å²) < 4.78 is 9.53. The van der Waals surface area contributed by atoms with E-state index >= 15 is 0 Å². The van der Waals surface area contributed by atoms with Gasteiger partial charge < -0.3 is 29.9 Å². The summed E-state index contributed by atoms with van der Waals surface area (Å²) in [5, 5.41) is 31.9. The van der Waals surface area contributed by atoms with Gasteiger partial charge in [-0.3, -0.25) is 0 Å². The number of carboxylic acid groups (broad SMARTS) is 3. The van der Waals surface area contributed by atoms with Crippen LogP contribution in [0.1, 0.15) is 20.8 Å². The third-order valence-electron chi connectivity index (χ3n) is 1.76. The second-order valence-corrected chi connectivity index (χ2v) is 4.59. The van der Waals surface area contributed by atoms with Crippen molar-refractivity contribution in [1.29, 1.82) is 0 Å². The molecule has 0 aromatic heterocycles. The van der Waals surface area contributed by atoms with Crippen LogP contribution in [-0.4, -0.2) is 71.9 Å². The summed E-state index contributed by atoms with van der Waals surface area (Å²) >= 11 is 0. The number of carboxylic acids is 3. The molecular formula is C17H30O9.